The molecule has 1 saturated heterocycles. The minimum absolute atomic E-state index is 0.345. The first-order valence-electron chi connectivity index (χ1n) is 6.36. The first-order chi connectivity index (χ1) is 9.57. The highest BCUT2D eigenvalue weighted by Gasteiger charge is 2.31. The lowest BCUT2D eigenvalue weighted by Gasteiger charge is -2.30. The molecule has 0 amide bonds. The standard InChI is InChI=1S/C13H14ClNO2S3/c14-12-3-4-13(19-12)20(16,17)15-7-5-10(6-8-15)11-2-1-9-18-11/h1-4,9-10H,5-8H2. The maximum Gasteiger partial charge on any atom is 0.252 e. The third kappa shape index (κ3) is 2.80. The van der Waals surface area contributed by atoms with Crippen LogP contribution in [0.5, 0.6) is 0 Å². The molecular formula is C13H14ClNO2S3. The SMILES string of the molecule is O=S(=O)(c1ccc(Cl)s1)N1CCC(c2cccs2)CC1. The largest absolute Gasteiger partial charge is 0.252 e. The maximum absolute atomic E-state index is 12.5. The van der Waals surface area contributed by atoms with Crippen LogP contribution in [0.4, 0.5) is 0 Å². The fourth-order valence-electron chi connectivity index (χ4n) is 2.47. The molecule has 20 heavy (non-hydrogen) atoms. The lowest BCUT2D eigenvalue weighted by Crippen LogP contribution is -2.37. The molecule has 0 saturated carbocycles. The van der Waals surface area contributed by atoms with Crippen molar-refractivity contribution in [3.63, 3.8) is 0 Å². The summed E-state index contributed by atoms with van der Waals surface area (Å²) >= 11 is 8.71. The van der Waals surface area contributed by atoms with Gasteiger partial charge in [-0.3, -0.25) is 0 Å². The van der Waals surface area contributed by atoms with Crippen LogP contribution >= 0.6 is 34.3 Å². The van der Waals surface area contributed by atoms with E-state index in [2.05, 4.69) is 17.5 Å². The van der Waals surface area contributed by atoms with Gasteiger partial charge in [-0.25, -0.2) is 8.42 Å². The molecule has 3 rings (SSSR count). The van der Waals surface area contributed by atoms with Crippen molar-refractivity contribution in [3.8, 4) is 0 Å². The van der Waals surface area contributed by atoms with E-state index in [1.54, 1.807) is 27.8 Å². The van der Waals surface area contributed by atoms with E-state index in [0.29, 0.717) is 27.6 Å². The van der Waals surface area contributed by atoms with Gasteiger partial charge in [0, 0.05) is 18.0 Å². The zero-order chi connectivity index (χ0) is 14.2. The van der Waals surface area contributed by atoms with Crippen molar-refractivity contribution in [2.75, 3.05) is 13.1 Å². The Morgan fingerprint density at radius 2 is 1.95 bits per heavy atom. The van der Waals surface area contributed by atoms with Crippen LogP contribution in [0.2, 0.25) is 4.34 Å². The van der Waals surface area contributed by atoms with Crippen molar-refractivity contribution < 1.29 is 8.42 Å². The molecule has 7 heteroatoms. The van der Waals surface area contributed by atoms with Crippen LogP contribution < -0.4 is 0 Å². The summed E-state index contributed by atoms with van der Waals surface area (Å²) in [7, 11) is -3.36. The Morgan fingerprint density at radius 3 is 2.50 bits per heavy atom. The van der Waals surface area contributed by atoms with E-state index in [9.17, 15) is 8.42 Å². The van der Waals surface area contributed by atoms with E-state index in [1.807, 2.05) is 0 Å². The van der Waals surface area contributed by atoms with Crippen molar-refractivity contribution in [2.45, 2.75) is 23.0 Å². The lowest BCUT2D eigenvalue weighted by atomic mass is 9.97. The molecule has 108 valence electrons. The molecule has 2 aromatic heterocycles. The Hall–Kier alpha value is -0.400. The van der Waals surface area contributed by atoms with E-state index in [-0.39, 0.29) is 0 Å². The molecular weight excluding hydrogens is 334 g/mol. The van der Waals surface area contributed by atoms with Crippen molar-refractivity contribution >= 4 is 44.3 Å². The first-order valence-corrected chi connectivity index (χ1v) is 9.87. The van der Waals surface area contributed by atoms with Crippen LogP contribution in [-0.4, -0.2) is 25.8 Å². The number of hydrogen-bond acceptors (Lipinski definition) is 4. The summed E-state index contributed by atoms with van der Waals surface area (Å²) in [6.45, 7) is 1.17. The smallest absolute Gasteiger partial charge is 0.206 e. The number of sulfonamides is 1. The predicted molar refractivity (Wildman–Crippen MR) is 84.4 cm³/mol. The molecule has 3 nitrogen and oxygen atoms in total. The summed E-state index contributed by atoms with van der Waals surface area (Å²) < 4.78 is 27.4. The third-order valence-corrected chi connectivity index (χ3v) is 8.17. The zero-order valence-corrected chi connectivity index (χ0v) is 13.9. The molecule has 0 radical (unpaired) electrons. The summed E-state index contributed by atoms with van der Waals surface area (Å²) in [5.41, 5.74) is 0. The number of nitrogens with zero attached hydrogens (tertiary/aromatic N) is 1. The zero-order valence-electron chi connectivity index (χ0n) is 10.7. The van der Waals surface area contributed by atoms with Crippen LogP contribution in [-0.2, 0) is 10.0 Å². The molecule has 2 aromatic rings. The molecule has 0 aliphatic carbocycles. The lowest BCUT2D eigenvalue weighted by molar-refractivity contribution is 0.322. The van der Waals surface area contributed by atoms with Gasteiger partial charge >= 0.3 is 0 Å². The fraction of sp³-hybridized carbons (Fsp3) is 0.385. The van der Waals surface area contributed by atoms with Crippen molar-refractivity contribution in [2.24, 2.45) is 0 Å². The topological polar surface area (TPSA) is 37.4 Å². The Labute approximate surface area is 131 Å². The average molecular weight is 348 g/mol. The van der Waals surface area contributed by atoms with E-state index >= 15 is 0 Å². The second-order valence-corrected chi connectivity index (χ2v) is 9.61. The predicted octanol–water partition coefficient (Wildman–Crippen LogP) is 4.03. The van der Waals surface area contributed by atoms with Gasteiger partial charge in [0.1, 0.15) is 4.21 Å². The van der Waals surface area contributed by atoms with Crippen LogP contribution in [0.3, 0.4) is 0 Å². The number of halogens is 1. The summed E-state index contributed by atoms with van der Waals surface area (Å²) in [6, 6.07) is 7.42. The van der Waals surface area contributed by atoms with Gasteiger partial charge in [-0.1, -0.05) is 17.7 Å². The molecule has 0 bridgehead atoms. The highest BCUT2D eigenvalue weighted by atomic mass is 35.5. The van der Waals surface area contributed by atoms with E-state index < -0.39 is 10.0 Å². The quantitative estimate of drug-likeness (QED) is 0.840. The summed E-state index contributed by atoms with van der Waals surface area (Å²) in [5.74, 6) is 0.494. The number of piperidine rings is 1. The van der Waals surface area contributed by atoms with Gasteiger partial charge in [0.25, 0.3) is 10.0 Å². The van der Waals surface area contributed by atoms with Crippen molar-refractivity contribution in [3.05, 3.63) is 38.9 Å². The number of rotatable bonds is 3. The monoisotopic (exact) mass is 347 g/mol. The summed E-state index contributed by atoms with van der Waals surface area (Å²) in [5, 5.41) is 2.08. The number of hydrogen-bond donors (Lipinski definition) is 0. The van der Waals surface area contributed by atoms with Crippen molar-refractivity contribution in [1.82, 2.24) is 4.31 Å². The van der Waals surface area contributed by atoms with Crippen LogP contribution in [0.25, 0.3) is 0 Å². The normalized spacial score (nSPS) is 18.4. The minimum Gasteiger partial charge on any atom is -0.206 e. The molecule has 0 N–H and O–H groups in total. The number of thiophene rings is 2. The van der Waals surface area contributed by atoms with Crippen LogP contribution in [0, 0.1) is 0 Å². The Balaban J connectivity index is 1.72. The van der Waals surface area contributed by atoms with E-state index in [0.717, 1.165) is 24.2 Å². The first kappa shape index (κ1) is 14.5. The Kier molecular flexibility index (Phi) is 4.19. The molecule has 3 heterocycles. The van der Waals surface area contributed by atoms with Gasteiger partial charge < -0.3 is 0 Å². The van der Waals surface area contributed by atoms with Gasteiger partial charge in [0.2, 0.25) is 0 Å². The molecule has 1 aliphatic rings. The van der Waals surface area contributed by atoms with Gasteiger partial charge in [-0.2, -0.15) is 4.31 Å². The van der Waals surface area contributed by atoms with Gasteiger partial charge in [-0.15, -0.1) is 22.7 Å². The average Bonchev–Trinajstić information content (AvgIpc) is 3.10. The summed E-state index contributed by atoms with van der Waals surface area (Å²) in [6.07, 6.45) is 1.78. The second-order valence-electron chi connectivity index (χ2n) is 4.75. The fourth-order valence-corrected chi connectivity index (χ4v) is 6.47. The minimum atomic E-state index is -3.36. The molecule has 0 aromatic carbocycles. The second kappa shape index (κ2) is 5.77. The van der Waals surface area contributed by atoms with Gasteiger partial charge in [0.15, 0.2) is 0 Å². The Morgan fingerprint density at radius 1 is 1.20 bits per heavy atom. The highest BCUT2D eigenvalue weighted by molar-refractivity contribution is 7.91. The molecule has 0 unspecified atom stereocenters. The van der Waals surface area contributed by atoms with Gasteiger partial charge in [-0.05, 0) is 42.3 Å². The maximum atomic E-state index is 12.5. The third-order valence-electron chi connectivity index (χ3n) is 3.54. The van der Waals surface area contributed by atoms with Crippen molar-refractivity contribution in [1.29, 1.82) is 0 Å². The highest BCUT2D eigenvalue weighted by Crippen LogP contribution is 2.34. The van der Waals surface area contributed by atoms with Gasteiger partial charge in [0.05, 0.1) is 4.34 Å². The molecule has 1 aliphatic heterocycles. The summed E-state index contributed by atoms with van der Waals surface area (Å²) in [4.78, 5) is 1.36. The Bertz CT molecular complexity index is 670. The molecule has 0 spiro atoms. The van der Waals surface area contributed by atoms with E-state index in [4.69, 9.17) is 11.6 Å². The van der Waals surface area contributed by atoms with Crippen LogP contribution in [0.1, 0.15) is 23.6 Å². The van der Waals surface area contributed by atoms with E-state index in [1.165, 1.54) is 4.88 Å². The van der Waals surface area contributed by atoms with Crippen LogP contribution in [0.15, 0.2) is 33.9 Å². The molecule has 1 fully saturated rings. The molecule has 0 atom stereocenters.